The number of benzene rings is 2. The van der Waals surface area contributed by atoms with E-state index in [1.165, 1.54) is 0 Å². The molecule has 3 amide bonds. The van der Waals surface area contributed by atoms with Crippen molar-refractivity contribution in [3.8, 4) is 17.2 Å². The molecule has 1 fully saturated rings. The number of aryl methyl sites for hydroxylation is 1. The minimum atomic E-state index is -0.591. The summed E-state index contributed by atoms with van der Waals surface area (Å²) >= 11 is 0. The van der Waals surface area contributed by atoms with Gasteiger partial charge in [0.15, 0.2) is 18.1 Å². The highest BCUT2D eigenvalue weighted by molar-refractivity contribution is 6.00. The molecule has 0 radical (unpaired) electrons. The Bertz CT molecular complexity index is 1100. The van der Waals surface area contributed by atoms with Crippen molar-refractivity contribution in [2.45, 2.75) is 33.1 Å². The second-order valence-corrected chi connectivity index (χ2v) is 8.76. The average Bonchev–Trinajstić information content (AvgIpc) is 3.22. The molecule has 0 saturated carbocycles. The molecule has 2 N–H and O–H groups in total. The zero-order chi connectivity index (χ0) is 24.2. The molecule has 2 aromatic carbocycles. The van der Waals surface area contributed by atoms with Gasteiger partial charge >= 0.3 is 0 Å². The molecule has 0 spiro atoms. The number of rotatable bonds is 6. The van der Waals surface area contributed by atoms with Crippen LogP contribution in [0.3, 0.4) is 0 Å². The van der Waals surface area contributed by atoms with Crippen LogP contribution in [-0.4, -0.2) is 44.1 Å². The molecule has 4 rings (SSSR count). The number of ether oxygens (including phenoxy) is 3. The maximum atomic E-state index is 12.6. The van der Waals surface area contributed by atoms with Crippen molar-refractivity contribution in [2.75, 3.05) is 31.3 Å². The lowest BCUT2D eigenvalue weighted by molar-refractivity contribution is -0.132. The van der Waals surface area contributed by atoms with Gasteiger partial charge in [0.25, 0.3) is 5.91 Å². The molecule has 34 heavy (non-hydrogen) atoms. The quantitative estimate of drug-likeness (QED) is 0.633. The lowest BCUT2D eigenvalue weighted by Crippen LogP contribution is -2.46. The lowest BCUT2D eigenvalue weighted by Gasteiger charge is -2.22. The minimum absolute atomic E-state index is 0.0493. The van der Waals surface area contributed by atoms with Crippen LogP contribution >= 0.6 is 0 Å². The molecule has 0 aliphatic carbocycles. The maximum absolute atomic E-state index is 12.6. The van der Waals surface area contributed by atoms with Gasteiger partial charge in [0, 0.05) is 24.7 Å². The standard InChI is InChI=1S/C25H29N3O6/c1-15(2)19-6-4-16(3)10-21(19)34-14-23(29)26-27-25(31)17-11-24(30)28(13-17)18-5-7-20-22(12-18)33-9-8-32-20/h4-7,10,12,15,17H,8-9,11,13-14H2,1-3H3,(H,26,29)(H,27,31). The number of nitrogens with one attached hydrogen (secondary N) is 2. The van der Waals surface area contributed by atoms with E-state index in [0.717, 1.165) is 11.1 Å². The largest absolute Gasteiger partial charge is 0.486 e. The molecule has 1 unspecified atom stereocenters. The van der Waals surface area contributed by atoms with Crippen LogP contribution < -0.4 is 30.0 Å². The molecule has 0 bridgehead atoms. The molecule has 9 nitrogen and oxygen atoms in total. The van der Waals surface area contributed by atoms with Gasteiger partial charge < -0.3 is 19.1 Å². The topological polar surface area (TPSA) is 106 Å². The van der Waals surface area contributed by atoms with E-state index in [4.69, 9.17) is 14.2 Å². The second kappa shape index (κ2) is 10.0. The summed E-state index contributed by atoms with van der Waals surface area (Å²) in [5.74, 6) is 0.414. The Morgan fingerprint density at radius 2 is 1.85 bits per heavy atom. The van der Waals surface area contributed by atoms with Gasteiger partial charge in [-0.2, -0.15) is 0 Å². The summed E-state index contributed by atoms with van der Waals surface area (Å²) in [7, 11) is 0. The van der Waals surface area contributed by atoms with Gasteiger partial charge in [-0.1, -0.05) is 26.0 Å². The molecular weight excluding hydrogens is 438 g/mol. The van der Waals surface area contributed by atoms with Crippen molar-refractivity contribution in [2.24, 2.45) is 5.92 Å². The summed E-state index contributed by atoms with van der Waals surface area (Å²) in [5.41, 5.74) is 7.46. The van der Waals surface area contributed by atoms with Gasteiger partial charge in [-0.3, -0.25) is 25.2 Å². The van der Waals surface area contributed by atoms with E-state index in [0.29, 0.717) is 36.1 Å². The Balaban J connectivity index is 1.29. The van der Waals surface area contributed by atoms with Crippen LogP contribution in [0.15, 0.2) is 36.4 Å². The maximum Gasteiger partial charge on any atom is 0.276 e. The second-order valence-electron chi connectivity index (χ2n) is 8.76. The van der Waals surface area contributed by atoms with Gasteiger partial charge in [-0.05, 0) is 42.2 Å². The van der Waals surface area contributed by atoms with Crippen molar-refractivity contribution < 1.29 is 28.6 Å². The Morgan fingerprint density at radius 3 is 2.62 bits per heavy atom. The summed E-state index contributed by atoms with van der Waals surface area (Å²) in [5, 5.41) is 0. The van der Waals surface area contributed by atoms with E-state index >= 15 is 0 Å². The number of amides is 3. The number of carbonyl (C=O) groups is 3. The summed E-state index contributed by atoms with van der Waals surface area (Å²) in [6.45, 7) is 6.95. The van der Waals surface area contributed by atoms with Crippen molar-refractivity contribution in [3.05, 3.63) is 47.5 Å². The molecule has 2 aliphatic rings. The molecule has 2 heterocycles. The Kier molecular flexibility index (Phi) is 6.90. The number of fused-ring (bicyclic) bond motifs is 1. The number of anilines is 1. The molecule has 1 atom stereocenters. The first-order valence-corrected chi connectivity index (χ1v) is 11.3. The third kappa shape index (κ3) is 5.24. The third-order valence-corrected chi connectivity index (χ3v) is 5.81. The third-order valence-electron chi connectivity index (χ3n) is 5.81. The average molecular weight is 468 g/mol. The normalized spacial score (nSPS) is 17.0. The zero-order valence-electron chi connectivity index (χ0n) is 19.6. The Labute approximate surface area is 198 Å². The van der Waals surface area contributed by atoms with Crippen molar-refractivity contribution in [1.82, 2.24) is 10.9 Å². The molecular formula is C25H29N3O6. The van der Waals surface area contributed by atoms with E-state index in [2.05, 4.69) is 24.7 Å². The zero-order valence-corrected chi connectivity index (χ0v) is 19.6. The van der Waals surface area contributed by atoms with Crippen LogP contribution in [-0.2, 0) is 14.4 Å². The molecule has 180 valence electrons. The van der Waals surface area contributed by atoms with Gasteiger partial charge in [0.2, 0.25) is 11.8 Å². The molecule has 0 aromatic heterocycles. The SMILES string of the molecule is Cc1ccc(C(C)C)c(OCC(=O)NNC(=O)C2CC(=O)N(c3ccc4c(c3)OCCO4)C2)c1. The van der Waals surface area contributed by atoms with Crippen molar-refractivity contribution >= 4 is 23.4 Å². The smallest absolute Gasteiger partial charge is 0.276 e. The first-order valence-electron chi connectivity index (χ1n) is 11.3. The van der Waals surface area contributed by atoms with Crippen molar-refractivity contribution in [1.29, 1.82) is 0 Å². The highest BCUT2D eigenvalue weighted by Crippen LogP contribution is 2.36. The van der Waals surface area contributed by atoms with E-state index < -0.39 is 17.7 Å². The molecule has 9 heteroatoms. The predicted octanol–water partition coefficient (Wildman–Crippen LogP) is 2.47. The van der Waals surface area contributed by atoms with Crippen molar-refractivity contribution in [3.63, 3.8) is 0 Å². The van der Waals surface area contributed by atoms with E-state index in [-0.39, 0.29) is 31.4 Å². The summed E-state index contributed by atoms with van der Waals surface area (Å²) < 4.78 is 16.8. The molecule has 2 aromatic rings. The Morgan fingerprint density at radius 1 is 1.09 bits per heavy atom. The van der Waals surface area contributed by atoms with Crippen LogP contribution in [0.5, 0.6) is 17.2 Å². The monoisotopic (exact) mass is 467 g/mol. The highest BCUT2D eigenvalue weighted by Gasteiger charge is 2.35. The summed E-state index contributed by atoms with van der Waals surface area (Å²) in [6.07, 6.45) is 0.0493. The fourth-order valence-corrected chi connectivity index (χ4v) is 3.99. The number of hydrogen-bond donors (Lipinski definition) is 2. The summed E-state index contributed by atoms with van der Waals surface area (Å²) in [6, 6.07) is 11.1. The van der Waals surface area contributed by atoms with Crippen LogP contribution in [0.1, 0.15) is 37.3 Å². The van der Waals surface area contributed by atoms with E-state index in [1.54, 1.807) is 23.1 Å². The van der Waals surface area contributed by atoms with Crippen LogP contribution in [0.2, 0.25) is 0 Å². The number of carbonyl (C=O) groups excluding carboxylic acids is 3. The Hall–Kier alpha value is -3.75. The first kappa shape index (κ1) is 23.4. The first-order chi connectivity index (χ1) is 16.3. The fraction of sp³-hybridized carbons (Fsp3) is 0.400. The van der Waals surface area contributed by atoms with Crippen LogP contribution in [0, 0.1) is 12.8 Å². The lowest BCUT2D eigenvalue weighted by atomic mass is 10.0. The van der Waals surface area contributed by atoms with Gasteiger partial charge in [0.05, 0.1) is 5.92 Å². The highest BCUT2D eigenvalue weighted by atomic mass is 16.6. The minimum Gasteiger partial charge on any atom is -0.486 e. The van der Waals surface area contributed by atoms with Crippen LogP contribution in [0.25, 0.3) is 0 Å². The molecule has 1 saturated heterocycles. The number of hydrogen-bond acceptors (Lipinski definition) is 6. The molecule has 2 aliphatic heterocycles. The fourth-order valence-electron chi connectivity index (χ4n) is 3.99. The van der Waals surface area contributed by atoms with Gasteiger partial charge in [-0.25, -0.2) is 0 Å². The van der Waals surface area contributed by atoms with Crippen LogP contribution in [0.4, 0.5) is 5.69 Å². The summed E-state index contributed by atoms with van der Waals surface area (Å²) in [4.78, 5) is 38.9. The van der Waals surface area contributed by atoms with Gasteiger partial charge in [-0.15, -0.1) is 0 Å². The van der Waals surface area contributed by atoms with E-state index in [9.17, 15) is 14.4 Å². The van der Waals surface area contributed by atoms with E-state index in [1.807, 2.05) is 25.1 Å². The number of nitrogens with zero attached hydrogens (tertiary/aromatic N) is 1. The van der Waals surface area contributed by atoms with Gasteiger partial charge in [0.1, 0.15) is 19.0 Å². The predicted molar refractivity (Wildman–Crippen MR) is 125 cm³/mol. The number of hydrazine groups is 1.